The van der Waals surface area contributed by atoms with E-state index in [2.05, 4.69) is 49.6 Å². The van der Waals surface area contributed by atoms with Crippen LogP contribution in [0.25, 0.3) is 83.9 Å². The Bertz CT molecular complexity index is 7340. The predicted octanol–water partition coefficient (Wildman–Crippen LogP) is 18.5. The Morgan fingerprint density at radius 1 is 0.411 bits per heavy atom. The zero-order valence-corrected chi connectivity index (χ0v) is 78.9. The normalized spacial score (nSPS) is 15.1. The van der Waals surface area contributed by atoms with E-state index in [0.717, 1.165) is 25.8 Å². The number of aromatic nitrogens is 9. The van der Waals surface area contributed by atoms with Gasteiger partial charge in [0.15, 0.2) is 52.2 Å². The van der Waals surface area contributed by atoms with Crippen molar-refractivity contribution in [3.63, 3.8) is 0 Å². The number of amides is 3. The van der Waals surface area contributed by atoms with Crippen molar-refractivity contribution in [3.8, 4) is 86.3 Å². The minimum absolute atomic E-state index is 0.00270. The summed E-state index contributed by atoms with van der Waals surface area (Å²) in [4.78, 5) is 116. The lowest BCUT2D eigenvalue weighted by molar-refractivity contribution is -0.142. The molecule has 15 rings (SSSR count). The van der Waals surface area contributed by atoms with Crippen molar-refractivity contribution in [2.24, 2.45) is 0 Å². The number of piperazine rings is 3. The van der Waals surface area contributed by atoms with Crippen LogP contribution in [0.15, 0.2) is 107 Å². The molecule has 0 radical (unpaired) electrons. The number of phenols is 3. The lowest BCUT2D eigenvalue weighted by atomic mass is 10.0. The van der Waals surface area contributed by atoms with E-state index in [4.69, 9.17) is 34.8 Å². The van der Waals surface area contributed by atoms with Gasteiger partial charge in [-0.05, 0) is 131 Å². The number of aryl methyl sites for hydroxylation is 3. The maximum absolute atomic E-state index is 15.6. The highest BCUT2D eigenvalue weighted by atomic mass is 35.5. The molecule has 3 aliphatic rings. The van der Waals surface area contributed by atoms with E-state index in [9.17, 15) is 108 Å². The summed E-state index contributed by atoms with van der Waals surface area (Å²) in [6.07, 6.45) is 2.35. The van der Waals surface area contributed by atoms with Crippen LogP contribution in [0.2, 0.25) is 15.1 Å². The van der Waals surface area contributed by atoms with Gasteiger partial charge in [0.25, 0.3) is 16.7 Å². The Labute approximate surface area is 807 Å². The van der Waals surface area contributed by atoms with E-state index in [1.54, 1.807) is 110 Å². The van der Waals surface area contributed by atoms with E-state index in [0.29, 0.717) is 33.8 Å². The van der Waals surface area contributed by atoms with Crippen molar-refractivity contribution >= 4 is 103 Å². The van der Waals surface area contributed by atoms with Gasteiger partial charge in [0.2, 0.25) is 46.8 Å². The summed E-state index contributed by atoms with van der Waals surface area (Å²) in [5.41, 5.74) is -9.42. The van der Waals surface area contributed by atoms with Gasteiger partial charge in [0.05, 0.1) is 100 Å². The first kappa shape index (κ1) is 103. The van der Waals surface area contributed by atoms with Crippen LogP contribution in [-0.2, 0) is 20.6 Å². The number of benzene rings is 3. The van der Waals surface area contributed by atoms with Crippen molar-refractivity contribution < 1.29 is 91.2 Å². The second-order valence-electron chi connectivity index (χ2n) is 34.1. The van der Waals surface area contributed by atoms with Crippen LogP contribution in [0.1, 0.15) is 136 Å². The van der Waals surface area contributed by atoms with Gasteiger partial charge in [-0.2, -0.15) is 42.1 Å². The third-order valence-corrected chi connectivity index (χ3v) is 25.2. The summed E-state index contributed by atoms with van der Waals surface area (Å²) in [5.74, 6) is -31.1. The zero-order valence-electron chi connectivity index (χ0n) is 76.6. The molecule has 12 aromatic rings. The quantitative estimate of drug-likeness (QED) is 0.0371. The van der Waals surface area contributed by atoms with Crippen LogP contribution in [0.5, 0.6) is 17.2 Å². The minimum atomic E-state index is -5.73. The number of carbonyl (C=O) groups excluding carboxylic acids is 3. The molecule has 3 atom stereocenters. The number of hydrogen-bond acceptors (Lipinski definition) is 21. The first-order valence-corrected chi connectivity index (χ1v) is 44.2. The monoisotopic (exact) mass is 2010 g/mol. The average molecular weight is 2020 g/mol. The van der Waals surface area contributed by atoms with Crippen LogP contribution in [0, 0.1) is 119 Å². The molecular weight excluding hydrogens is 1930 g/mol. The van der Waals surface area contributed by atoms with Gasteiger partial charge in [0.1, 0.15) is 57.4 Å². The lowest BCUT2D eigenvalue weighted by Crippen LogP contribution is -2.54. The second kappa shape index (κ2) is 40.1. The maximum Gasteiger partial charge on any atom is 0.422 e. The number of anilines is 3. The molecule has 3 saturated heterocycles. The topological polar surface area (TPSA) is 346 Å². The molecule has 9 aromatic heterocycles. The standard InChI is InChI=1S/C33H27ClF6N6O3.2C32H27ClF4N6O3/c1-6-20(47)45-10-9-44(13-16(45)5)29-17-11-19(34)27(21-23(35)22(33(38,39)40)24(36)25(37)30(21)48)43-31(17)46(32(49)18(29)12-41)28-15(4)7-8-42-26(28)14(2)3;2*1-6-20(44)42-10-9-41(13-16(42)5)29-17-11-19(33)27(21-22(34)23(35)24(36)25(37)30(21)45)40-31(17)43(32(46)18(29)12-38)28-15(4)7-8-39-26(28)14(2)3/h6-8,11,14,16,48H,1,9-10,13H2,2-5H3;2*6-8,11,14,16,45H,1,9-10,13H2,2-5H3/t3*16-/m111/s1. The molecule has 3 fully saturated rings. The number of rotatable bonds is 15. The summed E-state index contributed by atoms with van der Waals surface area (Å²) >= 11 is 19.6. The third-order valence-electron chi connectivity index (χ3n) is 24.3. The molecular formula is C97H81Cl3F14N18O9. The van der Waals surface area contributed by atoms with E-state index in [1.165, 1.54) is 35.4 Å². The molecule has 3 amide bonds. The van der Waals surface area contributed by atoms with Gasteiger partial charge in [-0.15, -0.1) is 0 Å². The van der Waals surface area contributed by atoms with Crippen molar-refractivity contribution in [1.29, 1.82) is 15.8 Å². The first-order valence-electron chi connectivity index (χ1n) is 43.0. The second-order valence-corrected chi connectivity index (χ2v) is 35.4. The smallest absolute Gasteiger partial charge is 0.422 e. The summed E-state index contributed by atoms with van der Waals surface area (Å²) in [6.45, 7) is 33.3. The molecule has 0 aliphatic carbocycles. The summed E-state index contributed by atoms with van der Waals surface area (Å²) < 4.78 is 205. The van der Waals surface area contributed by atoms with Gasteiger partial charge in [-0.1, -0.05) is 96.1 Å². The van der Waals surface area contributed by atoms with E-state index in [-0.39, 0.29) is 190 Å². The van der Waals surface area contributed by atoms with Gasteiger partial charge < -0.3 is 44.7 Å². The molecule has 0 saturated carbocycles. The van der Waals surface area contributed by atoms with E-state index < -0.39 is 165 Å². The summed E-state index contributed by atoms with van der Waals surface area (Å²) in [6, 6.07) is 13.1. The fourth-order valence-electron chi connectivity index (χ4n) is 17.7. The van der Waals surface area contributed by atoms with Crippen LogP contribution in [-0.4, -0.2) is 168 Å². The highest BCUT2D eigenvalue weighted by molar-refractivity contribution is 6.35. The highest BCUT2D eigenvalue weighted by Gasteiger charge is 2.45. The van der Waals surface area contributed by atoms with E-state index >= 15 is 13.2 Å². The minimum Gasteiger partial charge on any atom is -0.504 e. The fourth-order valence-corrected chi connectivity index (χ4v) is 18.4. The highest BCUT2D eigenvalue weighted by Crippen LogP contribution is 2.50. The number of alkyl halides is 3. The van der Waals surface area contributed by atoms with Crippen LogP contribution >= 0.6 is 34.8 Å². The van der Waals surface area contributed by atoms with Crippen LogP contribution in [0.4, 0.5) is 78.5 Å². The largest absolute Gasteiger partial charge is 0.504 e. The molecule has 732 valence electrons. The Morgan fingerprint density at radius 3 is 0.894 bits per heavy atom. The molecule has 141 heavy (non-hydrogen) atoms. The number of nitriles is 3. The van der Waals surface area contributed by atoms with Crippen molar-refractivity contribution in [2.75, 3.05) is 73.6 Å². The molecule has 0 unspecified atom stereocenters. The van der Waals surface area contributed by atoms with Crippen molar-refractivity contribution in [3.05, 3.63) is 259 Å². The van der Waals surface area contributed by atoms with Crippen molar-refractivity contribution in [1.82, 2.24) is 58.3 Å². The predicted molar refractivity (Wildman–Crippen MR) is 498 cm³/mol. The molecule has 0 spiro atoms. The number of halogens is 17. The number of aromatic hydroxyl groups is 3. The number of fused-ring (bicyclic) bond motifs is 3. The number of pyridine rings is 9. The van der Waals surface area contributed by atoms with E-state index in [1.807, 2.05) is 45.9 Å². The molecule has 44 heteroatoms. The van der Waals surface area contributed by atoms with Gasteiger partial charge in [0, 0.05) is 112 Å². The Morgan fingerprint density at radius 2 is 0.660 bits per heavy atom. The average Bonchev–Trinajstić information content (AvgIpc) is 0.727. The van der Waals surface area contributed by atoms with Crippen molar-refractivity contribution in [2.45, 2.75) is 125 Å². The number of carbonyl (C=O) groups is 3. The summed E-state index contributed by atoms with van der Waals surface area (Å²) in [7, 11) is 0. The van der Waals surface area contributed by atoms with Gasteiger partial charge >= 0.3 is 6.18 Å². The molecule has 3 aromatic carbocycles. The molecule has 27 nitrogen and oxygen atoms in total. The zero-order chi connectivity index (χ0) is 104. The Balaban J connectivity index is 0.000000178. The molecule has 3 aliphatic heterocycles. The summed E-state index contributed by atoms with van der Waals surface area (Å²) in [5, 5.41) is 61.2. The number of nitrogens with zero attached hydrogens (tertiary/aromatic N) is 18. The fraction of sp³-hybridized carbons (Fsp3) is 0.289. The molecule has 3 N–H and O–H groups in total. The Hall–Kier alpha value is -15.0. The maximum atomic E-state index is 15.6. The first-order chi connectivity index (χ1) is 66.4. The third kappa shape index (κ3) is 18.0. The SMILES string of the molecule is C=CC(=O)N1CCN(c2c(C#N)c(=O)n(-c3c(C)ccnc3C(C)C)c3nc(-c4c(O)c(F)c(F)c(C(F)(F)F)c4F)c(Cl)cc23)C[C@H]1C.C=CC(=O)N1CCN(c2c(C#N)c(=O)n(-c3c(C)ccnc3C(C)C)c3nc(-c4c(O)c(F)c(F)c(F)c4F)c(Cl)cc23)C[C@H]1C.C=CC(=O)N1CCN(c2c(C#N)c(=O)n(-c3c(C)ccnc3C(C)C)c3nc(-c4c(O)c(F)c(F)c(F)c4F)c(Cl)cc23)C[C@H]1C. The number of phenolic OH excluding ortho intramolecular Hbond substituents is 3. The van der Waals surface area contributed by atoms with Crippen LogP contribution in [0.3, 0.4) is 0 Å². The Kier molecular flexibility index (Phi) is 29.4. The lowest BCUT2D eigenvalue weighted by Gasteiger charge is -2.41. The molecule has 12 heterocycles. The van der Waals surface area contributed by atoms with Crippen LogP contribution < -0.4 is 31.4 Å². The number of hydrogen-bond donors (Lipinski definition) is 3. The van der Waals surface area contributed by atoms with Gasteiger partial charge in [-0.25, -0.2) is 50.1 Å². The van der Waals surface area contributed by atoms with Gasteiger partial charge in [-0.3, -0.25) is 57.4 Å². The molecule has 0 bridgehead atoms.